The standard InChI is InChI=1S/C21H21ClN4O3/c22-17-1-3-18(4-2-17)26-14-16(13-19(26)27)21(29)25-11-9-24(10-12-25)20(28)15-5-7-23-8-6-15/h1-8,16H,9-14H2/t16-/m1/s1. The van der Waals surface area contributed by atoms with Crippen molar-refractivity contribution in [3.05, 3.63) is 59.4 Å². The van der Waals surface area contributed by atoms with Gasteiger partial charge in [0, 0.05) is 67.8 Å². The van der Waals surface area contributed by atoms with Crippen LogP contribution in [-0.4, -0.2) is 65.2 Å². The molecule has 3 heterocycles. The predicted molar refractivity (Wildman–Crippen MR) is 109 cm³/mol. The van der Waals surface area contributed by atoms with E-state index in [0.717, 1.165) is 5.69 Å². The largest absolute Gasteiger partial charge is 0.339 e. The van der Waals surface area contributed by atoms with Gasteiger partial charge in [0.15, 0.2) is 0 Å². The Morgan fingerprint density at radius 2 is 1.55 bits per heavy atom. The Kier molecular flexibility index (Phi) is 5.49. The molecule has 3 amide bonds. The number of pyridine rings is 1. The van der Waals surface area contributed by atoms with E-state index in [0.29, 0.717) is 43.3 Å². The van der Waals surface area contributed by atoms with Crippen molar-refractivity contribution in [3.63, 3.8) is 0 Å². The second-order valence-corrected chi connectivity index (χ2v) is 7.67. The molecule has 0 N–H and O–H groups in total. The van der Waals surface area contributed by atoms with Crippen LogP contribution in [0.5, 0.6) is 0 Å². The molecule has 2 aliphatic rings. The number of rotatable bonds is 3. The number of benzene rings is 1. The lowest BCUT2D eigenvalue weighted by atomic mass is 10.1. The highest BCUT2D eigenvalue weighted by Gasteiger charge is 2.38. The number of hydrogen-bond acceptors (Lipinski definition) is 4. The highest BCUT2D eigenvalue weighted by atomic mass is 35.5. The summed E-state index contributed by atoms with van der Waals surface area (Å²) in [6.45, 7) is 2.28. The van der Waals surface area contributed by atoms with Crippen molar-refractivity contribution in [2.24, 2.45) is 5.92 Å². The molecule has 8 heteroatoms. The molecule has 150 valence electrons. The van der Waals surface area contributed by atoms with Crippen LogP contribution in [0, 0.1) is 5.92 Å². The summed E-state index contributed by atoms with van der Waals surface area (Å²) < 4.78 is 0. The summed E-state index contributed by atoms with van der Waals surface area (Å²) in [5, 5.41) is 0.604. The molecule has 1 aromatic carbocycles. The fourth-order valence-corrected chi connectivity index (χ4v) is 3.93. The number of carbonyl (C=O) groups is 3. The molecule has 2 fully saturated rings. The number of amides is 3. The Morgan fingerprint density at radius 3 is 2.21 bits per heavy atom. The molecular weight excluding hydrogens is 392 g/mol. The van der Waals surface area contributed by atoms with Crippen LogP contribution in [0.25, 0.3) is 0 Å². The van der Waals surface area contributed by atoms with Gasteiger partial charge in [-0.2, -0.15) is 0 Å². The normalized spacial score (nSPS) is 19.6. The van der Waals surface area contributed by atoms with Gasteiger partial charge < -0.3 is 14.7 Å². The molecule has 2 aromatic rings. The highest BCUT2D eigenvalue weighted by Crippen LogP contribution is 2.27. The van der Waals surface area contributed by atoms with E-state index in [1.165, 1.54) is 0 Å². The van der Waals surface area contributed by atoms with E-state index >= 15 is 0 Å². The van der Waals surface area contributed by atoms with E-state index < -0.39 is 0 Å². The average Bonchev–Trinajstić information content (AvgIpc) is 3.15. The van der Waals surface area contributed by atoms with Crippen molar-refractivity contribution < 1.29 is 14.4 Å². The lowest BCUT2D eigenvalue weighted by Gasteiger charge is -2.36. The van der Waals surface area contributed by atoms with E-state index in [9.17, 15) is 14.4 Å². The summed E-state index contributed by atoms with van der Waals surface area (Å²) in [4.78, 5) is 47.0. The van der Waals surface area contributed by atoms with Gasteiger partial charge in [0.2, 0.25) is 11.8 Å². The first-order valence-corrected chi connectivity index (χ1v) is 9.95. The van der Waals surface area contributed by atoms with Crippen LogP contribution in [0.15, 0.2) is 48.8 Å². The molecule has 1 aromatic heterocycles. The predicted octanol–water partition coefficient (Wildman–Crippen LogP) is 2.07. The molecule has 1 atom stereocenters. The summed E-state index contributed by atoms with van der Waals surface area (Å²) in [6.07, 6.45) is 3.39. The average molecular weight is 413 g/mol. The lowest BCUT2D eigenvalue weighted by Crippen LogP contribution is -2.52. The molecular formula is C21H21ClN4O3. The first-order chi connectivity index (χ1) is 14.0. The molecule has 4 rings (SSSR count). The lowest BCUT2D eigenvalue weighted by molar-refractivity contribution is -0.137. The molecule has 0 saturated carbocycles. The van der Waals surface area contributed by atoms with Crippen molar-refractivity contribution in [2.45, 2.75) is 6.42 Å². The van der Waals surface area contributed by atoms with E-state index in [2.05, 4.69) is 4.98 Å². The zero-order valence-corrected chi connectivity index (χ0v) is 16.6. The van der Waals surface area contributed by atoms with Crippen LogP contribution in [0.2, 0.25) is 5.02 Å². The highest BCUT2D eigenvalue weighted by molar-refractivity contribution is 6.30. The molecule has 0 unspecified atom stereocenters. The number of carbonyl (C=O) groups excluding carboxylic acids is 3. The van der Waals surface area contributed by atoms with E-state index in [-0.39, 0.29) is 30.1 Å². The van der Waals surface area contributed by atoms with Gasteiger partial charge in [-0.1, -0.05) is 11.6 Å². The van der Waals surface area contributed by atoms with Crippen molar-refractivity contribution in [1.82, 2.24) is 14.8 Å². The Hall–Kier alpha value is -2.93. The first-order valence-electron chi connectivity index (χ1n) is 9.57. The summed E-state index contributed by atoms with van der Waals surface area (Å²) in [6, 6.07) is 10.4. The van der Waals surface area contributed by atoms with Crippen LogP contribution in [-0.2, 0) is 9.59 Å². The van der Waals surface area contributed by atoms with Crippen LogP contribution in [0.3, 0.4) is 0 Å². The van der Waals surface area contributed by atoms with Crippen LogP contribution >= 0.6 is 11.6 Å². The monoisotopic (exact) mass is 412 g/mol. The zero-order chi connectivity index (χ0) is 20.4. The summed E-state index contributed by atoms with van der Waals surface area (Å²) in [7, 11) is 0. The maximum Gasteiger partial charge on any atom is 0.254 e. The maximum absolute atomic E-state index is 12.9. The second kappa shape index (κ2) is 8.21. The third-order valence-corrected chi connectivity index (χ3v) is 5.67. The second-order valence-electron chi connectivity index (χ2n) is 7.24. The van der Waals surface area contributed by atoms with E-state index in [4.69, 9.17) is 11.6 Å². The minimum Gasteiger partial charge on any atom is -0.339 e. The molecule has 0 radical (unpaired) electrons. The van der Waals surface area contributed by atoms with E-state index in [1.54, 1.807) is 63.5 Å². The topological polar surface area (TPSA) is 73.8 Å². The summed E-state index contributed by atoms with van der Waals surface area (Å²) >= 11 is 5.91. The van der Waals surface area contributed by atoms with Crippen molar-refractivity contribution >= 4 is 35.0 Å². The fourth-order valence-electron chi connectivity index (χ4n) is 3.81. The minimum absolute atomic E-state index is 0.0224. The quantitative estimate of drug-likeness (QED) is 0.773. The van der Waals surface area contributed by atoms with E-state index in [1.807, 2.05) is 0 Å². The minimum atomic E-state index is -0.361. The smallest absolute Gasteiger partial charge is 0.254 e. The Labute approximate surface area is 173 Å². The van der Waals surface area contributed by atoms with Gasteiger partial charge in [-0.05, 0) is 36.4 Å². The van der Waals surface area contributed by atoms with Gasteiger partial charge in [0.1, 0.15) is 0 Å². The summed E-state index contributed by atoms with van der Waals surface area (Å²) in [5.74, 6) is -0.493. The van der Waals surface area contributed by atoms with Gasteiger partial charge in [0.05, 0.1) is 5.92 Å². The van der Waals surface area contributed by atoms with Crippen molar-refractivity contribution in [3.8, 4) is 0 Å². The SMILES string of the molecule is O=C(c1ccncc1)N1CCN(C(=O)[C@@H]2CC(=O)N(c3ccc(Cl)cc3)C2)CC1. The van der Waals surface area contributed by atoms with Crippen LogP contribution < -0.4 is 4.90 Å². The molecule has 2 aliphatic heterocycles. The van der Waals surface area contributed by atoms with Crippen LogP contribution in [0.1, 0.15) is 16.8 Å². The zero-order valence-electron chi connectivity index (χ0n) is 15.8. The van der Waals surface area contributed by atoms with Crippen LogP contribution in [0.4, 0.5) is 5.69 Å². The Morgan fingerprint density at radius 1 is 0.931 bits per heavy atom. The molecule has 0 bridgehead atoms. The number of piperazine rings is 1. The van der Waals surface area contributed by atoms with Crippen molar-refractivity contribution in [1.29, 1.82) is 0 Å². The van der Waals surface area contributed by atoms with Crippen molar-refractivity contribution in [2.75, 3.05) is 37.6 Å². The number of halogens is 1. The van der Waals surface area contributed by atoms with Gasteiger partial charge >= 0.3 is 0 Å². The number of nitrogens with zero attached hydrogens (tertiary/aromatic N) is 4. The van der Waals surface area contributed by atoms with Gasteiger partial charge in [-0.3, -0.25) is 19.4 Å². The molecule has 29 heavy (non-hydrogen) atoms. The number of hydrogen-bond donors (Lipinski definition) is 0. The molecule has 0 spiro atoms. The Balaban J connectivity index is 1.34. The number of anilines is 1. The molecule has 2 saturated heterocycles. The number of aromatic nitrogens is 1. The molecule has 0 aliphatic carbocycles. The maximum atomic E-state index is 12.9. The van der Waals surface area contributed by atoms with Gasteiger partial charge in [-0.15, -0.1) is 0 Å². The summed E-state index contributed by atoms with van der Waals surface area (Å²) in [5.41, 5.74) is 1.35. The molecule has 7 nitrogen and oxygen atoms in total. The third-order valence-electron chi connectivity index (χ3n) is 5.42. The third kappa shape index (κ3) is 4.10. The first kappa shape index (κ1) is 19.4. The van der Waals surface area contributed by atoms with Gasteiger partial charge in [-0.25, -0.2) is 0 Å². The fraction of sp³-hybridized carbons (Fsp3) is 0.333. The van der Waals surface area contributed by atoms with Gasteiger partial charge in [0.25, 0.3) is 5.91 Å². The Bertz CT molecular complexity index is 911.